The summed E-state index contributed by atoms with van der Waals surface area (Å²) in [6.07, 6.45) is 9.74. The van der Waals surface area contributed by atoms with Crippen LogP contribution in [0.4, 0.5) is 0 Å². The molecule has 7 atom stereocenters. The van der Waals surface area contributed by atoms with Gasteiger partial charge in [-0.2, -0.15) is 0 Å². The van der Waals surface area contributed by atoms with Gasteiger partial charge in [-0.05, 0) is 49.9 Å². The molecule has 0 aromatic rings. The molecule has 3 unspecified atom stereocenters. The largest absolute Gasteiger partial charge is 0.481 e. The summed E-state index contributed by atoms with van der Waals surface area (Å²) in [7, 11) is 0. The van der Waals surface area contributed by atoms with Gasteiger partial charge in [-0.3, -0.25) is 4.79 Å². The first kappa shape index (κ1) is 21.4. The zero-order chi connectivity index (χ0) is 19.1. The molecule has 2 aliphatic carbocycles. The molecule has 0 amide bonds. The highest BCUT2D eigenvalue weighted by Crippen LogP contribution is 2.49. The van der Waals surface area contributed by atoms with Crippen LogP contribution in [0.25, 0.3) is 0 Å². The molecule has 5 heteroatoms. The number of ether oxygens (including phenoxy) is 1. The number of fused-ring (bicyclic) bond motifs is 1. The minimum absolute atomic E-state index is 0.101. The molecule has 2 rings (SSSR count). The number of carboxylic acid groups (broad SMARTS) is 1. The second-order valence-electron chi connectivity index (χ2n) is 8.35. The van der Waals surface area contributed by atoms with E-state index >= 15 is 0 Å². The van der Waals surface area contributed by atoms with Crippen molar-refractivity contribution in [1.82, 2.24) is 0 Å². The Hall–Kier alpha value is -0.910. The van der Waals surface area contributed by atoms with Gasteiger partial charge >= 0.3 is 5.97 Å². The van der Waals surface area contributed by atoms with Crippen LogP contribution >= 0.6 is 0 Å². The van der Waals surface area contributed by atoms with E-state index in [1.54, 1.807) is 0 Å². The van der Waals surface area contributed by atoms with Crippen LogP contribution in [0.2, 0.25) is 0 Å². The first-order valence-electron chi connectivity index (χ1n) is 10.3. The quantitative estimate of drug-likeness (QED) is 0.384. The van der Waals surface area contributed by atoms with Crippen LogP contribution < -0.4 is 0 Å². The van der Waals surface area contributed by atoms with Gasteiger partial charge in [0.15, 0.2) is 0 Å². The molecule has 26 heavy (non-hydrogen) atoms. The molecule has 150 valence electrons. The lowest BCUT2D eigenvalue weighted by atomic mass is 9.90. The number of carbonyl (C=O) groups is 1. The highest BCUT2D eigenvalue weighted by atomic mass is 16.5. The van der Waals surface area contributed by atoms with Gasteiger partial charge < -0.3 is 20.1 Å². The third kappa shape index (κ3) is 6.36. The van der Waals surface area contributed by atoms with Crippen molar-refractivity contribution in [3.63, 3.8) is 0 Å². The van der Waals surface area contributed by atoms with E-state index in [1.165, 1.54) is 0 Å². The van der Waals surface area contributed by atoms with Gasteiger partial charge in [0, 0.05) is 18.9 Å². The van der Waals surface area contributed by atoms with Crippen molar-refractivity contribution in [3.8, 4) is 0 Å². The SMILES string of the molecule is CCCC(C)CC(O)C=C[C@H]1[C@@H]2CC(OCCCC(=O)O)C[C@H]2C[C@@H]1O. The minimum atomic E-state index is -0.781. The lowest BCUT2D eigenvalue weighted by Gasteiger charge is -2.20. The number of rotatable bonds is 11. The van der Waals surface area contributed by atoms with Crippen molar-refractivity contribution in [2.24, 2.45) is 23.7 Å². The van der Waals surface area contributed by atoms with Crippen molar-refractivity contribution >= 4 is 5.97 Å². The second kappa shape index (κ2) is 10.4. The molecule has 0 heterocycles. The number of aliphatic hydroxyl groups is 2. The average Bonchev–Trinajstić information content (AvgIpc) is 3.06. The fourth-order valence-corrected chi connectivity index (χ4v) is 4.84. The number of hydrogen-bond donors (Lipinski definition) is 3. The van der Waals surface area contributed by atoms with Crippen molar-refractivity contribution in [2.75, 3.05) is 6.61 Å². The predicted molar refractivity (Wildman–Crippen MR) is 101 cm³/mol. The molecular formula is C21H36O5. The maximum Gasteiger partial charge on any atom is 0.303 e. The Morgan fingerprint density at radius 3 is 2.77 bits per heavy atom. The summed E-state index contributed by atoms with van der Waals surface area (Å²) < 4.78 is 5.86. The van der Waals surface area contributed by atoms with Crippen LogP contribution in [-0.4, -0.2) is 46.2 Å². The van der Waals surface area contributed by atoms with E-state index in [0.717, 1.165) is 38.5 Å². The number of hydrogen-bond acceptors (Lipinski definition) is 4. The number of carboxylic acids is 1. The third-order valence-corrected chi connectivity index (χ3v) is 6.06. The molecule has 0 saturated heterocycles. The van der Waals surface area contributed by atoms with Gasteiger partial charge in [-0.25, -0.2) is 0 Å². The molecule has 0 bridgehead atoms. The first-order chi connectivity index (χ1) is 12.4. The van der Waals surface area contributed by atoms with E-state index in [9.17, 15) is 15.0 Å². The van der Waals surface area contributed by atoms with Crippen LogP contribution in [0.1, 0.15) is 65.2 Å². The third-order valence-electron chi connectivity index (χ3n) is 6.06. The Kier molecular flexibility index (Phi) is 8.58. The Morgan fingerprint density at radius 2 is 2.08 bits per heavy atom. The van der Waals surface area contributed by atoms with Crippen LogP contribution in [-0.2, 0) is 9.53 Å². The van der Waals surface area contributed by atoms with Gasteiger partial charge in [0.1, 0.15) is 0 Å². The Balaban J connectivity index is 1.79. The Labute approximate surface area is 157 Å². The van der Waals surface area contributed by atoms with Crippen molar-refractivity contribution in [2.45, 2.75) is 83.5 Å². The number of aliphatic hydroxyl groups excluding tert-OH is 2. The standard InChI is InChI=1S/C21H36O5/c1-3-5-14(2)10-16(22)7-8-18-19-13-17(11-15(19)12-20(18)23)26-9-4-6-21(24)25/h7-8,14-20,22-23H,3-6,9-13H2,1-2H3,(H,24,25)/t14?,15-,16?,17?,18-,19+,20-/m0/s1. The molecule has 0 aromatic heterocycles. The molecule has 0 radical (unpaired) electrons. The maximum atomic E-state index is 10.6. The molecule has 0 aromatic carbocycles. The van der Waals surface area contributed by atoms with E-state index in [-0.39, 0.29) is 24.5 Å². The molecule has 0 aliphatic heterocycles. The lowest BCUT2D eigenvalue weighted by Crippen LogP contribution is -2.20. The summed E-state index contributed by atoms with van der Waals surface area (Å²) in [5.41, 5.74) is 0. The smallest absolute Gasteiger partial charge is 0.303 e. The zero-order valence-corrected chi connectivity index (χ0v) is 16.2. The van der Waals surface area contributed by atoms with Gasteiger partial charge in [-0.15, -0.1) is 0 Å². The van der Waals surface area contributed by atoms with E-state index in [1.807, 2.05) is 12.2 Å². The number of aliphatic carboxylic acids is 1. The normalized spacial score (nSPS) is 33.5. The van der Waals surface area contributed by atoms with Gasteiger partial charge in [-0.1, -0.05) is 38.8 Å². The lowest BCUT2D eigenvalue weighted by molar-refractivity contribution is -0.137. The predicted octanol–water partition coefficient (Wildman–Crippen LogP) is 3.39. The highest BCUT2D eigenvalue weighted by molar-refractivity contribution is 5.66. The van der Waals surface area contributed by atoms with Gasteiger partial charge in [0.2, 0.25) is 0 Å². The molecule has 0 spiro atoms. The summed E-state index contributed by atoms with van der Waals surface area (Å²) in [4.78, 5) is 10.6. The topological polar surface area (TPSA) is 87.0 Å². The van der Waals surface area contributed by atoms with Gasteiger partial charge in [0.25, 0.3) is 0 Å². The zero-order valence-electron chi connectivity index (χ0n) is 16.2. The molecule has 3 N–H and O–H groups in total. The second-order valence-corrected chi connectivity index (χ2v) is 8.35. The average molecular weight is 369 g/mol. The Morgan fingerprint density at radius 1 is 1.31 bits per heavy atom. The van der Waals surface area contributed by atoms with E-state index in [4.69, 9.17) is 9.84 Å². The minimum Gasteiger partial charge on any atom is -0.481 e. The Bertz CT molecular complexity index is 463. The van der Waals surface area contributed by atoms with Gasteiger partial charge in [0.05, 0.1) is 18.3 Å². The summed E-state index contributed by atoms with van der Waals surface area (Å²) in [5, 5.41) is 29.3. The van der Waals surface area contributed by atoms with Crippen LogP contribution in [0.15, 0.2) is 12.2 Å². The summed E-state index contributed by atoms with van der Waals surface area (Å²) in [6.45, 7) is 4.83. The molecule has 2 fully saturated rings. The monoisotopic (exact) mass is 368 g/mol. The summed E-state index contributed by atoms with van der Waals surface area (Å²) >= 11 is 0. The maximum absolute atomic E-state index is 10.6. The fraction of sp³-hybridized carbons (Fsp3) is 0.857. The first-order valence-corrected chi connectivity index (χ1v) is 10.3. The highest BCUT2D eigenvalue weighted by Gasteiger charge is 2.47. The summed E-state index contributed by atoms with van der Waals surface area (Å²) in [6, 6.07) is 0. The van der Waals surface area contributed by atoms with Crippen LogP contribution in [0.3, 0.4) is 0 Å². The van der Waals surface area contributed by atoms with Crippen molar-refractivity contribution in [1.29, 1.82) is 0 Å². The molecular weight excluding hydrogens is 332 g/mol. The van der Waals surface area contributed by atoms with Crippen molar-refractivity contribution < 1.29 is 24.9 Å². The van der Waals surface area contributed by atoms with E-state index < -0.39 is 12.1 Å². The van der Waals surface area contributed by atoms with E-state index in [2.05, 4.69) is 13.8 Å². The van der Waals surface area contributed by atoms with E-state index in [0.29, 0.717) is 30.8 Å². The molecule has 5 nitrogen and oxygen atoms in total. The van der Waals surface area contributed by atoms with Crippen molar-refractivity contribution in [3.05, 3.63) is 12.2 Å². The molecule has 2 aliphatic rings. The fourth-order valence-electron chi connectivity index (χ4n) is 4.84. The summed E-state index contributed by atoms with van der Waals surface area (Å²) in [5.74, 6) is 0.711. The molecule has 2 saturated carbocycles. The van der Waals surface area contributed by atoms with Crippen LogP contribution in [0.5, 0.6) is 0 Å². The van der Waals surface area contributed by atoms with Crippen LogP contribution in [0, 0.1) is 23.7 Å².